The lowest BCUT2D eigenvalue weighted by atomic mass is 10.2. The zero-order valence-electron chi connectivity index (χ0n) is 12.9. The number of primary amides is 1. The number of carbonyl (C=O) groups is 1. The third-order valence-electron chi connectivity index (χ3n) is 3.84. The largest absolute Gasteiger partial charge is 0.368 e. The average Bonchev–Trinajstić information content (AvgIpc) is 2.98. The Morgan fingerprint density at radius 1 is 1.48 bits per heavy atom. The average molecular weight is 291 g/mol. The number of nitrogens with two attached hydrogens (primary N) is 1. The van der Waals surface area contributed by atoms with Crippen LogP contribution in [0.15, 0.2) is 6.20 Å². The summed E-state index contributed by atoms with van der Waals surface area (Å²) in [4.78, 5) is 22.4. The summed E-state index contributed by atoms with van der Waals surface area (Å²) in [6, 6.07) is 0.352. The van der Waals surface area contributed by atoms with Gasteiger partial charge in [-0.1, -0.05) is 19.8 Å². The highest BCUT2D eigenvalue weighted by Gasteiger charge is 2.26. The zero-order valence-corrected chi connectivity index (χ0v) is 12.9. The summed E-state index contributed by atoms with van der Waals surface area (Å²) >= 11 is 0. The van der Waals surface area contributed by atoms with Crippen LogP contribution in [-0.2, 0) is 4.79 Å². The molecule has 1 aliphatic carbocycles. The Labute approximate surface area is 126 Å². The second-order valence-electron chi connectivity index (χ2n) is 5.66. The molecule has 1 saturated carbocycles. The standard InChI is InChI=1S/C15H25N5O/c1-3-8-17-15-18-9-11(2)14(19-15)20(10-13(16)21)12-6-4-5-7-12/h9,12H,3-8,10H2,1-2H3,(H2,16,21)(H,17,18,19). The first-order valence-electron chi connectivity index (χ1n) is 7.74. The predicted molar refractivity (Wildman–Crippen MR) is 84.3 cm³/mol. The van der Waals surface area contributed by atoms with E-state index in [-0.39, 0.29) is 12.5 Å². The quantitative estimate of drug-likeness (QED) is 0.801. The number of nitrogens with one attached hydrogen (secondary N) is 1. The first-order chi connectivity index (χ1) is 10.1. The highest BCUT2D eigenvalue weighted by molar-refractivity contribution is 5.79. The third-order valence-corrected chi connectivity index (χ3v) is 3.84. The maximum Gasteiger partial charge on any atom is 0.237 e. The van der Waals surface area contributed by atoms with Crippen molar-refractivity contribution in [3.8, 4) is 0 Å². The number of anilines is 2. The summed E-state index contributed by atoms with van der Waals surface area (Å²) in [5, 5.41) is 3.20. The van der Waals surface area contributed by atoms with Crippen LogP contribution in [0.4, 0.5) is 11.8 Å². The van der Waals surface area contributed by atoms with Gasteiger partial charge >= 0.3 is 0 Å². The fraction of sp³-hybridized carbons (Fsp3) is 0.667. The lowest BCUT2D eigenvalue weighted by molar-refractivity contribution is -0.116. The van der Waals surface area contributed by atoms with Crippen molar-refractivity contribution in [1.29, 1.82) is 0 Å². The Hall–Kier alpha value is -1.85. The number of hydrogen-bond acceptors (Lipinski definition) is 5. The maximum absolute atomic E-state index is 11.4. The number of nitrogens with zero attached hydrogens (tertiary/aromatic N) is 3. The zero-order chi connectivity index (χ0) is 15.2. The summed E-state index contributed by atoms with van der Waals surface area (Å²) in [6.45, 7) is 5.12. The molecule has 0 saturated heterocycles. The van der Waals surface area contributed by atoms with Crippen molar-refractivity contribution in [3.63, 3.8) is 0 Å². The van der Waals surface area contributed by atoms with Crippen LogP contribution >= 0.6 is 0 Å². The van der Waals surface area contributed by atoms with Crippen molar-refractivity contribution >= 4 is 17.7 Å². The number of aromatic nitrogens is 2. The van der Waals surface area contributed by atoms with Crippen LogP contribution in [0.2, 0.25) is 0 Å². The summed E-state index contributed by atoms with van der Waals surface area (Å²) < 4.78 is 0. The molecule has 0 unspecified atom stereocenters. The van der Waals surface area contributed by atoms with Gasteiger partial charge in [-0.15, -0.1) is 0 Å². The second-order valence-corrected chi connectivity index (χ2v) is 5.66. The van der Waals surface area contributed by atoms with Crippen molar-refractivity contribution in [2.75, 3.05) is 23.3 Å². The topological polar surface area (TPSA) is 84.1 Å². The molecule has 6 nitrogen and oxygen atoms in total. The lowest BCUT2D eigenvalue weighted by Crippen LogP contribution is -2.41. The van der Waals surface area contributed by atoms with Crippen molar-refractivity contribution in [2.24, 2.45) is 5.73 Å². The van der Waals surface area contributed by atoms with Gasteiger partial charge in [-0.05, 0) is 26.2 Å². The molecule has 2 rings (SSSR count). The third kappa shape index (κ3) is 4.06. The number of hydrogen-bond donors (Lipinski definition) is 2. The van der Waals surface area contributed by atoms with Crippen LogP contribution in [0, 0.1) is 6.92 Å². The summed E-state index contributed by atoms with van der Waals surface area (Å²) in [7, 11) is 0. The van der Waals surface area contributed by atoms with Crippen molar-refractivity contribution < 1.29 is 4.79 Å². The first kappa shape index (κ1) is 15.5. The first-order valence-corrected chi connectivity index (χ1v) is 7.74. The molecule has 0 spiro atoms. The lowest BCUT2D eigenvalue weighted by Gasteiger charge is -2.30. The van der Waals surface area contributed by atoms with Gasteiger partial charge in [-0.2, -0.15) is 4.98 Å². The van der Waals surface area contributed by atoms with Crippen molar-refractivity contribution in [1.82, 2.24) is 9.97 Å². The van der Waals surface area contributed by atoms with E-state index in [2.05, 4.69) is 27.1 Å². The van der Waals surface area contributed by atoms with Crippen LogP contribution < -0.4 is 16.0 Å². The SMILES string of the molecule is CCCNc1ncc(C)c(N(CC(N)=O)C2CCCC2)n1. The van der Waals surface area contributed by atoms with Gasteiger partial charge in [0, 0.05) is 24.3 Å². The monoisotopic (exact) mass is 291 g/mol. The molecule has 1 aromatic heterocycles. The molecule has 0 radical (unpaired) electrons. The van der Waals surface area contributed by atoms with Gasteiger partial charge in [-0.3, -0.25) is 4.79 Å². The number of carbonyl (C=O) groups excluding carboxylic acids is 1. The molecule has 6 heteroatoms. The smallest absolute Gasteiger partial charge is 0.237 e. The van der Waals surface area contributed by atoms with Crippen molar-refractivity contribution in [2.45, 2.75) is 52.0 Å². The minimum atomic E-state index is -0.317. The molecule has 3 N–H and O–H groups in total. The van der Waals surface area contributed by atoms with Gasteiger partial charge in [0.2, 0.25) is 11.9 Å². The van der Waals surface area contributed by atoms with E-state index in [9.17, 15) is 4.79 Å². The van der Waals surface area contributed by atoms with Gasteiger partial charge in [0.05, 0.1) is 6.54 Å². The predicted octanol–water partition coefficient (Wildman–Crippen LogP) is 1.84. The molecule has 1 fully saturated rings. The van der Waals surface area contributed by atoms with E-state index >= 15 is 0 Å². The highest BCUT2D eigenvalue weighted by atomic mass is 16.1. The van der Waals surface area contributed by atoms with E-state index in [1.165, 1.54) is 12.8 Å². The van der Waals surface area contributed by atoms with Gasteiger partial charge in [0.1, 0.15) is 5.82 Å². The number of amides is 1. The maximum atomic E-state index is 11.4. The molecule has 21 heavy (non-hydrogen) atoms. The molecule has 0 aromatic carbocycles. The normalized spacial score (nSPS) is 15.1. The van der Waals surface area contributed by atoms with Gasteiger partial charge in [0.15, 0.2) is 0 Å². The van der Waals surface area contributed by atoms with Crippen LogP contribution in [0.5, 0.6) is 0 Å². The van der Waals surface area contributed by atoms with E-state index in [4.69, 9.17) is 5.73 Å². The Kier molecular flexibility index (Phi) is 5.36. The van der Waals surface area contributed by atoms with Gasteiger partial charge < -0.3 is 16.0 Å². The molecule has 116 valence electrons. The van der Waals surface area contributed by atoms with Crippen molar-refractivity contribution in [3.05, 3.63) is 11.8 Å². The van der Waals surface area contributed by atoms with E-state index in [0.29, 0.717) is 12.0 Å². The summed E-state index contributed by atoms with van der Waals surface area (Å²) in [6.07, 6.45) is 7.41. The summed E-state index contributed by atoms with van der Waals surface area (Å²) in [5.41, 5.74) is 6.40. The molecule has 0 aliphatic heterocycles. The molecule has 1 amide bonds. The molecule has 0 bridgehead atoms. The fourth-order valence-electron chi connectivity index (χ4n) is 2.81. The number of rotatable bonds is 7. The van der Waals surface area contributed by atoms with Crippen LogP contribution in [-0.4, -0.2) is 35.0 Å². The molecule has 0 atom stereocenters. The highest BCUT2D eigenvalue weighted by Crippen LogP contribution is 2.29. The van der Waals surface area contributed by atoms with Crippen LogP contribution in [0.25, 0.3) is 0 Å². The Bertz CT molecular complexity index is 485. The van der Waals surface area contributed by atoms with E-state index in [1.54, 1.807) is 0 Å². The van der Waals surface area contributed by atoms with Gasteiger partial charge in [0.25, 0.3) is 0 Å². The second kappa shape index (κ2) is 7.24. The Morgan fingerprint density at radius 2 is 2.19 bits per heavy atom. The van der Waals surface area contributed by atoms with Crippen LogP contribution in [0.1, 0.15) is 44.6 Å². The van der Waals surface area contributed by atoms with Crippen LogP contribution in [0.3, 0.4) is 0 Å². The minimum Gasteiger partial charge on any atom is -0.368 e. The molecular formula is C15H25N5O. The van der Waals surface area contributed by atoms with Gasteiger partial charge in [-0.25, -0.2) is 4.98 Å². The Morgan fingerprint density at radius 3 is 2.81 bits per heavy atom. The van der Waals surface area contributed by atoms with E-state index in [0.717, 1.165) is 37.2 Å². The minimum absolute atomic E-state index is 0.218. The molecule has 1 aromatic rings. The number of aryl methyl sites for hydroxylation is 1. The molecular weight excluding hydrogens is 266 g/mol. The molecule has 1 aliphatic rings. The van der Waals surface area contributed by atoms with E-state index in [1.807, 2.05) is 13.1 Å². The molecule has 1 heterocycles. The van der Waals surface area contributed by atoms with E-state index < -0.39 is 0 Å². The Balaban J connectivity index is 2.26. The fourth-order valence-corrected chi connectivity index (χ4v) is 2.81. The summed E-state index contributed by atoms with van der Waals surface area (Å²) in [5.74, 6) is 1.13.